The number of nitrogens with zero attached hydrogens (tertiary/aromatic N) is 2. The summed E-state index contributed by atoms with van der Waals surface area (Å²) in [6.45, 7) is 4.22. The first-order valence-electron chi connectivity index (χ1n) is 4.57. The van der Waals surface area contributed by atoms with E-state index in [1.54, 1.807) is 24.6 Å². The van der Waals surface area contributed by atoms with Crippen molar-refractivity contribution in [2.24, 2.45) is 0 Å². The van der Waals surface area contributed by atoms with Crippen molar-refractivity contribution >= 4 is 11.0 Å². The molecule has 14 heavy (non-hydrogen) atoms. The molecule has 1 rings (SSSR count). The fourth-order valence-corrected chi connectivity index (χ4v) is 1.73. The second-order valence-electron chi connectivity index (χ2n) is 3.65. The average molecular weight is 212 g/mol. The Bertz CT molecular complexity index is 319. The van der Waals surface area contributed by atoms with E-state index in [4.69, 9.17) is 0 Å². The minimum absolute atomic E-state index is 0.462. The zero-order chi connectivity index (χ0) is 10.7. The summed E-state index contributed by atoms with van der Waals surface area (Å²) in [6, 6.07) is 3.81. The van der Waals surface area contributed by atoms with Crippen molar-refractivity contribution in [3.05, 3.63) is 23.9 Å². The Balaban J connectivity index is 2.89. The molecule has 0 saturated carbocycles. The van der Waals surface area contributed by atoms with Crippen molar-refractivity contribution in [2.75, 3.05) is 14.1 Å². The monoisotopic (exact) mass is 212 g/mol. The maximum Gasteiger partial charge on any atom is 0.146 e. The molecule has 0 aliphatic heterocycles. The van der Waals surface area contributed by atoms with E-state index in [-0.39, 0.29) is 0 Å². The summed E-state index contributed by atoms with van der Waals surface area (Å²) in [5.74, 6) is 0.462. The van der Waals surface area contributed by atoms with Crippen LogP contribution in [-0.2, 0) is 11.0 Å². The van der Waals surface area contributed by atoms with Crippen LogP contribution in [0.5, 0.6) is 0 Å². The lowest BCUT2D eigenvalue weighted by Gasteiger charge is -2.09. The van der Waals surface area contributed by atoms with Crippen LogP contribution in [0.4, 0.5) is 0 Å². The molecule has 0 aromatic carbocycles. The third kappa shape index (κ3) is 2.62. The molecule has 1 aromatic rings. The van der Waals surface area contributed by atoms with Crippen LogP contribution in [0, 0.1) is 0 Å². The van der Waals surface area contributed by atoms with Crippen LogP contribution in [0.2, 0.25) is 0 Å². The lowest BCUT2D eigenvalue weighted by atomic mass is 10.1. The molecule has 1 heterocycles. The second kappa shape index (κ2) is 4.66. The molecule has 78 valence electrons. The molecule has 1 atom stereocenters. The van der Waals surface area contributed by atoms with E-state index in [1.807, 2.05) is 12.1 Å². The van der Waals surface area contributed by atoms with Crippen molar-refractivity contribution < 1.29 is 4.21 Å². The largest absolute Gasteiger partial charge is 0.246 e. The SMILES string of the molecule is CC(C)c1ccc(S(=O)N(C)C)nc1. The van der Waals surface area contributed by atoms with E-state index in [2.05, 4.69) is 18.8 Å². The zero-order valence-electron chi connectivity index (χ0n) is 9.02. The molecule has 0 amide bonds. The Hall–Kier alpha value is -0.740. The van der Waals surface area contributed by atoms with Gasteiger partial charge in [0, 0.05) is 6.20 Å². The van der Waals surface area contributed by atoms with Gasteiger partial charge in [-0.25, -0.2) is 13.5 Å². The highest BCUT2D eigenvalue weighted by Crippen LogP contribution is 2.14. The van der Waals surface area contributed by atoms with E-state index >= 15 is 0 Å². The van der Waals surface area contributed by atoms with Gasteiger partial charge in [-0.1, -0.05) is 19.9 Å². The van der Waals surface area contributed by atoms with E-state index in [0.29, 0.717) is 10.9 Å². The van der Waals surface area contributed by atoms with E-state index in [9.17, 15) is 4.21 Å². The standard InChI is InChI=1S/C10H16N2OS/c1-8(2)9-5-6-10(11-7-9)14(13)12(3)4/h5-8H,1-4H3. The van der Waals surface area contributed by atoms with Gasteiger partial charge in [-0.3, -0.25) is 0 Å². The van der Waals surface area contributed by atoms with Gasteiger partial charge in [-0.15, -0.1) is 0 Å². The third-order valence-corrected chi connectivity index (χ3v) is 3.20. The van der Waals surface area contributed by atoms with Gasteiger partial charge in [0.1, 0.15) is 16.0 Å². The van der Waals surface area contributed by atoms with Crippen LogP contribution in [-0.4, -0.2) is 27.6 Å². The molecule has 1 aromatic heterocycles. The van der Waals surface area contributed by atoms with Crippen molar-refractivity contribution in [3.8, 4) is 0 Å². The highest BCUT2D eigenvalue weighted by Gasteiger charge is 2.08. The summed E-state index contributed by atoms with van der Waals surface area (Å²) in [6.07, 6.45) is 1.79. The first kappa shape index (κ1) is 11.3. The van der Waals surface area contributed by atoms with Crippen LogP contribution in [0.3, 0.4) is 0 Å². The van der Waals surface area contributed by atoms with Gasteiger partial charge >= 0.3 is 0 Å². The normalized spacial score (nSPS) is 13.6. The fraction of sp³-hybridized carbons (Fsp3) is 0.500. The maximum atomic E-state index is 11.6. The topological polar surface area (TPSA) is 33.2 Å². The van der Waals surface area contributed by atoms with Gasteiger partial charge in [0.15, 0.2) is 0 Å². The highest BCUT2D eigenvalue weighted by atomic mass is 32.2. The number of hydrogen-bond donors (Lipinski definition) is 0. The molecule has 3 nitrogen and oxygen atoms in total. The molecular weight excluding hydrogens is 196 g/mol. The van der Waals surface area contributed by atoms with Gasteiger partial charge in [-0.05, 0) is 31.6 Å². The first-order chi connectivity index (χ1) is 6.52. The number of hydrogen-bond acceptors (Lipinski definition) is 2. The van der Waals surface area contributed by atoms with Crippen LogP contribution < -0.4 is 0 Å². The Morgan fingerprint density at radius 3 is 2.36 bits per heavy atom. The lowest BCUT2D eigenvalue weighted by Crippen LogP contribution is -2.16. The van der Waals surface area contributed by atoms with Crippen molar-refractivity contribution in [3.63, 3.8) is 0 Å². The van der Waals surface area contributed by atoms with E-state index < -0.39 is 11.0 Å². The number of aromatic nitrogens is 1. The Morgan fingerprint density at radius 1 is 1.36 bits per heavy atom. The lowest BCUT2D eigenvalue weighted by molar-refractivity contribution is 0.599. The molecule has 0 spiro atoms. The van der Waals surface area contributed by atoms with E-state index in [1.165, 1.54) is 5.56 Å². The molecule has 0 radical (unpaired) electrons. The molecule has 0 N–H and O–H groups in total. The summed E-state index contributed by atoms with van der Waals surface area (Å²) in [5.41, 5.74) is 1.17. The van der Waals surface area contributed by atoms with E-state index in [0.717, 1.165) is 0 Å². The maximum absolute atomic E-state index is 11.6. The number of pyridine rings is 1. The Labute approximate surface area is 87.7 Å². The predicted molar refractivity (Wildman–Crippen MR) is 58.4 cm³/mol. The van der Waals surface area contributed by atoms with Gasteiger partial charge in [0.25, 0.3) is 0 Å². The molecule has 0 aliphatic rings. The number of rotatable bonds is 3. The van der Waals surface area contributed by atoms with Crippen LogP contribution in [0.15, 0.2) is 23.4 Å². The first-order valence-corrected chi connectivity index (χ1v) is 5.68. The summed E-state index contributed by atoms with van der Waals surface area (Å²) in [4.78, 5) is 4.18. The highest BCUT2D eigenvalue weighted by molar-refractivity contribution is 7.82. The molecule has 0 fully saturated rings. The van der Waals surface area contributed by atoms with Crippen LogP contribution in [0.1, 0.15) is 25.3 Å². The Morgan fingerprint density at radius 2 is 2.00 bits per heavy atom. The average Bonchev–Trinajstić information content (AvgIpc) is 2.16. The second-order valence-corrected chi connectivity index (χ2v) is 5.29. The molecule has 0 saturated heterocycles. The van der Waals surface area contributed by atoms with Crippen molar-refractivity contribution in [2.45, 2.75) is 24.8 Å². The molecular formula is C10H16N2OS. The van der Waals surface area contributed by atoms with Crippen LogP contribution >= 0.6 is 0 Å². The molecule has 1 unspecified atom stereocenters. The Kier molecular flexibility index (Phi) is 3.77. The molecule has 0 bridgehead atoms. The van der Waals surface area contributed by atoms with Gasteiger partial charge < -0.3 is 0 Å². The smallest absolute Gasteiger partial charge is 0.146 e. The third-order valence-electron chi connectivity index (χ3n) is 1.94. The zero-order valence-corrected chi connectivity index (χ0v) is 9.84. The van der Waals surface area contributed by atoms with Gasteiger partial charge in [0.05, 0.1) is 0 Å². The van der Waals surface area contributed by atoms with Crippen molar-refractivity contribution in [1.29, 1.82) is 0 Å². The quantitative estimate of drug-likeness (QED) is 0.765. The predicted octanol–water partition coefficient (Wildman–Crippen LogP) is 1.79. The summed E-state index contributed by atoms with van der Waals surface area (Å²) >= 11 is 0. The van der Waals surface area contributed by atoms with Crippen molar-refractivity contribution in [1.82, 2.24) is 9.29 Å². The van der Waals surface area contributed by atoms with Crippen LogP contribution in [0.25, 0.3) is 0 Å². The summed E-state index contributed by atoms with van der Waals surface area (Å²) in [5, 5.41) is 0.611. The minimum Gasteiger partial charge on any atom is -0.246 e. The molecule has 4 heteroatoms. The minimum atomic E-state index is -1.13. The molecule has 0 aliphatic carbocycles. The summed E-state index contributed by atoms with van der Waals surface area (Å²) < 4.78 is 13.2. The fourth-order valence-electron chi connectivity index (χ4n) is 1.02. The summed E-state index contributed by atoms with van der Waals surface area (Å²) in [7, 11) is 2.41. The van der Waals surface area contributed by atoms with Gasteiger partial charge in [-0.2, -0.15) is 0 Å². The van der Waals surface area contributed by atoms with Gasteiger partial charge in [0.2, 0.25) is 0 Å².